The molecule has 1 aliphatic heterocycles. The van der Waals surface area contributed by atoms with E-state index in [2.05, 4.69) is 25.7 Å². The lowest BCUT2D eigenvalue weighted by atomic mass is 9.97. The Balaban J connectivity index is 1.28. The molecular weight excluding hydrogens is 441 g/mol. The van der Waals surface area contributed by atoms with E-state index in [9.17, 15) is 14.0 Å². The number of hydrogen-bond acceptors (Lipinski definition) is 6. The fourth-order valence-corrected chi connectivity index (χ4v) is 4.20. The third-order valence-corrected chi connectivity index (χ3v) is 6.47. The second-order valence-corrected chi connectivity index (χ2v) is 9.16. The smallest absolute Gasteiger partial charge is 0.234 e. The van der Waals surface area contributed by atoms with Crippen LogP contribution in [0, 0.1) is 11.7 Å². The summed E-state index contributed by atoms with van der Waals surface area (Å²) in [7, 11) is 0. The van der Waals surface area contributed by atoms with Gasteiger partial charge in [-0.15, -0.1) is 10.2 Å². The van der Waals surface area contributed by atoms with Gasteiger partial charge in [0.1, 0.15) is 10.8 Å². The van der Waals surface area contributed by atoms with E-state index in [4.69, 9.17) is 11.6 Å². The highest BCUT2D eigenvalue weighted by Crippen LogP contribution is 2.26. The van der Waals surface area contributed by atoms with Crippen LogP contribution in [0.15, 0.2) is 35.4 Å². The standard InChI is InChI=1S/C21H23ClFN5O2S/c22-16-6-3-14(23)10-17(16)25-19(29)12-31-20-8-7-18(26-27-20)28-9-1-2-13(11-28)21(30)24-15-4-5-15/h3,6-8,10,13,15H,1-2,4-5,9,11-12H2,(H,24,30)(H,25,29)/t13-/m1/s1. The number of thioether (sulfide) groups is 1. The Morgan fingerprint density at radius 3 is 2.77 bits per heavy atom. The minimum atomic E-state index is -0.473. The number of halogens is 2. The van der Waals surface area contributed by atoms with Crippen molar-refractivity contribution in [1.29, 1.82) is 0 Å². The molecule has 2 aromatic rings. The summed E-state index contributed by atoms with van der Waals surface area (Å²) < 4.78 is 13.3. The summed E-state index contributed by atoms with van der Waals surface area (Å²) in [5.41, 5.74) is 0.235. The molecule has 0 radical (unpaired) electrons. The number of carbonyl (C=O) groups excluding carboxylic acids is 2. The predicted octanol–water partition coefficient (Wildman–Crippen LogP) is 3.49. The molecule has 1 saturated carbocycles. The molecule has 1 aromatic carbocycles. The van der Waals surface area contributed by atoms with Gasteiger partial charge in [-0.2, -0.15) is 0 Å². The lowest BCUT2D eigenvalue weighted by Gasteiger charge is -2.32. The SMILES string of the molecule is O=C(CSc1ccc(N2CCC[C@@H](C(=O)NC3CC3)C2)nn1)Nc1cc(F)ccc1Cl. The maximum atomic E-state index is 13.3. The first-order chi connectivity index (χ1) is 15.0. The van der Waals surface area contributed by atoms with Crippen molar-refractivity contribution in [3.05, 3.63) is 41.2 Å². The monoisotopic (exact) mass is 463 g/mol. The van der Waals surface area contributed by atoms with Gasteiger partial charge in [0.2, 0.25) is 11.8 Å². The molecule has 4 rings (SSSR count). The third-order valence-electron chi connectivity index (χ3n) is 5.22. The highest BCUT2D eigenvalue weighted by Gasteiger charge is 2.30. The quantitative estimate of drug-likeness (QED) is 0.611. The van der Waals surface area contributed by atoms with E-state index in [1.807, 2.05) is 12.1 Å². The Bertz CT molecular complexity index is 957. The molecule has 31 heavy (non-hydrogen) atoms. The number of aromatic nitrogens is 2. The normalized spacial score (nSPS) is 18.5. The third kappa shape index (κ3) is 6.07. The zero-order chi connectivity index (χ0) is 21.8. The van der Waals surface area contributed by atoms with Gasteiger partial charge >= 0.3 is 0 Å². The first-order valence-electron chi connectivity index (χ1n) is 10.2. The lowest BCUT2D eigenvalue weighted by molar-refractivity contribution is -0.125. The zero-order valence-electron chi connectivity index (χ0n) is 16.8. The number of piperidine rings is 1. The molecule has 1 aliphatic carbocycles. The Morgan fingerprint density at radius 2 is 2.03 bits per heavy atom. The first-order valence-corrected chi connectivity index (χ1v) is 11.6. The molecule has 1 atom stereocenters. The average Bonchev–Trinajstić information content (AvgIpc) is 3.59. The Morgan fingerprint density at radius 1 is 1.19 bits per heavy atom. The van der Waals surface area contributed by atoms with Crippen LogP contribution in [-0.4, -0.2) is 46.9 Å². The van der Waals surface area contributed by atoms with Crippen LogP contribution in [0.3, 0.4) is 0 Å². The maximum absolute atomic E-state index is 13.3. The molecule has 2 aliphatic rings. The van der Waals surface area contributed by atoms with Crippen LogP contribution in [0.1, 0.15) is 25.7 Å². The lowest BCUT2D eigenvalue weighted by Crippen LogP contribution is -2.44. The summed E-state index contributed by atoms with van der Waals surface area (Å²) in [5, 5.41) is 15.0. The van der Waals surface area contributed by atoms with Gasteiger partial charge in [-0.3, -0.25) is 9.59 Å². The largest absolute Gasteiger partial charge is 0.354 e. The molecule has 1 aromatic heterocycles. The fraction of sp³-hybridized carbons (Fsp3) is 0.429. The van der Waals surface area contributed by atoms with Gasteiger partial charge in [0.05, 0.1) is 22.4 Å². The van der Waals surface area contributed by atoms with Gasteiger partial charge in [0.15, 0.2) is 5.82 Å². The Kier molecular flexibility index (Phi) is 6.92. The van der Waals surface area contributed by atoms with Crippen LogP contribution in [0.2, 0.25) is 5.02 Å². The molecule has 0 unspecified atom stereocenters. The Hall–Kier alpha value is -2.39. The van der Waals surface area contributed by atoms with Crippen LogP contribution < -0.4 is 15.5 Å². The second kappa shape index (κ2) is 9.82. The molecule has 0 bridgehead atoms. The number of rotatable bonds is 7. The minimum Gasteiger partial charge on any atom is -0.354 e. The van der Waals surface area contributed by atoms with Crippen molar-refractivity contribution in [3.63, 3.8) is 0 Å². The van der Waals surface area contributed by atoms with Gasteiger partial charge in [0.25, 0.3) is 0 Å². The van der Waals surface area contributed by atoms with E-state index in [-0.39, 0.29) is 34.2 Å². The first kappa shape index (κ1) is 21.8. The van der Waals surface area contributed by atoms with Gasteiger partial charge < -0.3 is 15.5 Å². The summed E-state index contributed by atoms with van der Waals surface area (Å²) in [5.74, 6) is 0.140. The number of amides is 2. The number of nitrogens with one attached hydrogen (secondary N) is 2. The van der Waals surface area contributed by atoms with E-state index in [0.29, 0.717) is 17.6 Å². The van der Waals surface area contributed by atoms with Crippen molar-refractivity contribution >= 4 is 46.7 Å². The Labute approximate surface area is 189 Å². The molecule has 2 heterocycles. The number of nitrogens with zero attached hydrogens (tertiary/aromatic N) is 3. The molecular formula is C21H23ClFN5O2S. The molecule has 164 valence electrons. The predicted molar refractivity (Wildman–Crippen MR) is 119 cm³/mol. The number of anilines is 2. The topological polar surface area (TPSA) is 87.2 Å². The van der Waals surface area contributed by atoms with E-state index in [0.717, 1.165) is 38.0 Å². The van der Waals surface area contributed by atoms with E-state index < -0.39 is 5.82 Å². The summed E-state index contributed by atoms with van der Waals surface area (Å²) in [6, 6.07) is 7.84. The molecule has 2 N–H and O–H groups in total. The summed E-state index contributed by atoms with van der Waals surface area (Å²) in [6.07, 6.45) is 3.99. The van der Waals surface area contributed by atoms with Crippen LogP contribution >= 0.6 is 23.4 Å². The average molecular weight is 464 g/mol. The van der Waals surface area contributed by atoms with E-state index in [1.54, 1.807) is 0 Å². The van der Waals surface area contributed by atoms with Crippen molar-refractivity contribution in [2.45, 2.75) is 36.8 Å². The van der Waals surface area contributed by atoms with Crippen LogP contribution in [0.5, 0.6) is 0 Å². The fourth-order valence-electron chi connectivity index (χ4n) is 3.42. The van der Waals surface area contributed by atoms with Crippen molar-refractivity contribution in [1.82, 2.24) is 15.5 Å². The van der Waals surface area contributed by atoms with Crippen LogP contribution in [0.4, 0.5) is 15.9 Å². The van der Waals surface area contributed by atoms with Gasteiger partial charge in [0, 0.05) is 19.1 Å². The van der Waals surface area contributed by atoms with Crippen molar-refractivity contribution in [2.24, 2.45) is 5.92 Å². The molecule has 2 fully saturated rings. The summed E-state index contributed by atoms with van der Waals surface area (Å²) >= 11 is 7.19. The highest BCUT2D eigenvalue weighted by molar-refractivity contribution is 7.99. The summed E-state index contributed by atoms with van der Waals surface area (Å²) in [6.45, 7) is 1.47. The van der Waals surface area contributed by atoms with Gasteiger partial charge in [-0.25, -0.2) is 4.39 Å². The number of carbonyl (C=O) groups is 2. The van der Waals surface area contributed by atoms with Crippen LogP contribution in [-0.2, 0) is 9.59 Å². The molecule has 0 spiro atoms. The number of hydrogen-bond donors (Lipinski definition) is 2. The molecule has 2 amide bonds. The molecule has 7 nitrogen and oxygen atoms in total. The minimum absolute atomic E-state index is 0.0245. The highest BCUT2D eigenvalue weighted by atomic mass is 35.5. The van der Waals surface area contributed by atoms with Gasteiger partial charge in [-0.1, -0.05) is 23.4 Å². The molecule has 1 saturated heterocycles. The van der Waals surface area contributed by atoms with Crippen LogP contribution in [0.25, 0.3) is 0 Å². The summed E-state index contributed by atoms with van der Waals surface area (Å²) in [4.78, 5) is 26.6. The van der Waals surface area contributed by atoms with Crippen molar-refractivity contribution in [2.75, 3.05) is 29.1 Å². The van der Waals surface area contributed by atoms with Gasteiger partial charge in [-0.05, 0) is 56.0 Å². The zero-order valence-corrected chi connectivity index (χ0v) is 18.4. The van der Waals surface area contributed by atoms with E-state index >= 15 is 0 Å². The number of benzene rings is 1. The van der Waals surface area contributed by atoms with E-state index in [1.165, 1.54) is 30.0 Å². The maximum Gasteiger partial charge on any atom is 0.234 e. The second-order valence-electron chi connectivity index (χ2n) is 7.76. The van der Waals surface area contributed by atoms with Crippen molar-refractivity contribution in [3.8, 4) is 0 Å². The van der Waals surface area contributed by atoms with Crippen molar-refractivity contribution < 1.29 is 14.0 Å². The molecule has 10 heteroatoms.